The first-order chi connectivity index (χ1) is 25.7. The number of pyridine rings is 1. The molecule has 282 valence electrons. The third-order valence-electron chi connectivity index (χ3n) is 9.29. The second-order valence-corrected chi connectivity index (χ2v) is 15.7. The smallest absolute Gasteiger partial charge is 0.220 e. The van der Waals surface area contributed by atoms with Crippen LogP contribution in [0.2, 0.25) is 0 Å². The lowest BCUT2D eigenvalue weighted by atomic mass is 10.1. The molecular weight excluding hydrogens is 732 g/mol. The zero-order valence-corrected chi connectivity index (χ0v) is 33.3. The van der Waals surface area contributed by atoms with E-state index in [1.165, 1.54) is 11.1 Å². The number of ether oxygens (including phenoxy) is 2. The van der Waals surface area contributed by atoms with E-state index in [1.54, 1.807) is 0 Å². The van der Waals surface area contributed by atoms with E-state index in [1.807, 2.05) is 48.1 Å². The van der Waals surface area contributed by atoms with Crippen LogP contribution in [0.4, 0.5) is 0 Å². The molecule has 2 saturated heterocycles. The summed E-state index contributed by atoms with van der Waals surface area (Å²) in [6, 6.07) is 23.0. The van der Waals surface area contributed by atoms with Gasteiger partial charge in [0.2, 0.25) is 11.8 Å². The highest BCUT2D eigenvalue weighted by atomic mass is 79.9. The minimum absolute atomic E-state index is 0.337. The number of hydrogen-bond acceptors (Lipinski definition) is 10. The Balaban J connectivity index is 0.000000185. The molecule has 2 fully saturated rings. The van der Waals surface area contributed by atoms with Crippen LogP contribution >= 0.6 is 15.9 Å². The molecule has 0 aliphatic carbocycles. The van der Waals surface area contributed by atoms with Crippen LogP contribution in [0.3, 0.4) is 0 Å². The van der Waals surface area contributed by atoms with Crippen molar-refractivity contribution in [1.82, 2.24) is 40.0 Å². The van der Waals surface area contributed by atoms with Gasteiger partial charge in [-0.15, -0.1) is 15.3 Å². The van der Waals surface area contributed by atoms with Gasteiger partial charge in [-0.2, -0.15) is 0 Å². The molecule has 3 aromatic heterocycles. The van der Waals surface area contributed by atoms with Crippen LogP contribution in [-0.4, -0.2) is 79.4 Å². The lowest BCUT2D eigenvalue weighted by Crippen LogP contribution is -2.21. The van der Waals surface area contributed by atoms with Crippen LogP contribution in [0.25, 0.3) is 11.4 Å². The second kappa shape index (κ2) is 18.8. The molecule has 2 aliphatic rings. The molecule has 0 spiro atoms. The van der Waals surface area contributed by atoms with Crippen LogP contribution in [0, 0.1) is 11.8 Å². The summed E-state index contributed by atoms with van der Waals surface area (Å²) in [5.74, 6) is 4.86. The van der Waals surface area contributed by atoms with Gasteiger partial charge in [-0.05, 0) is 94.7 Å². The minimum atomic E-state index is 0.337. The van der Waals surface area contributed by atoms with Crippen LogP contribution in [0.15, 0.2) is 81.9 Å². The largest absolute Gasteiger partial charge is 0.493 e. The van der Waals surface area contributed by atoms with Crippen molar-refractivity contribution in [2.24, 2.45) is 11.8 Å². The molecule has 0 N–H and O–H groups in total. The van der Waals surface area contributed by atoms with E-state index < -0.39 is 0 Å². The molecule has 53 heavy (non-hydrogen) atoms. The number of halogens is 1. The van der Waals surface area contributed by atoms with Crippen LogP contribution < -0.4 is 9.47 Å². The van der Waals surface area contributed by atoms with Crippen molar-refractivity contribution >= 4 is 15.9 Å². The van der Waals surface area contributed by atoms with Crippen LogP contribution in [-0.2, 0) is 19.5 Å². The predicted octanol–water partition coefficient (Wildman–Crippen LogP) is 8.24. The maximum absolute atomic E-state index is 5.87. The third-order valence-corrected chi connectivity index (χ3v) is 9.73. The summed E-state index contributed by atoms with van der Waals surface area (Å²) in [5.41, 5.74) is 4.21. The molecule has 5 aromatic rings. The lowest BCUT2D eigenvalue weighted by molar-refractivity contribution is 0.269. The van der Waals surface area contributed by atoms with E-state index in [4.69, 9.17) is 13.9 Å². The summed E-state index contributed by atoms with van der Waals surface area (Å²) < 4.78 is 20.2. The molecule has 0 amide bonds. The number of benzene rings is 2. The fourth-order valence-electron chi connectivity index (χ4n) is 6.56. The number of likely N-dealkylation sites (tertiary alicyclic amines) is 2. The Hall–Kier alpha value is -4.13. The van der Waals surface area contributed by atoms with Crippen molar-refractivity contribution in [3.63, 3.8) is 0 Å². The Bertz CT molecular complexity index is 1880. The summed E-state index contributed by atoms with van der Waals surface area (Å²) in [4.78, 5) is 9.38. The van der Waals surface area contributed by atoms with E-state index >= 15 is 0 Å². The minimum Gasteiger partial charge on any atom is -0.493 e. The van der Waals surface area contributed by atoms with Crippen molar-refractivity contribution in [2.45, 2.75) is 78.9 Å². The van der Waals surface area contributed by atoms with Gasteiger partial charge in [0.1, 0.15) is 21.8 Å². The lowest BCUT2D eigenvalue weighted by Gasteiger charge is -2.17. The van der Waals surface area contributed by atoms with E-state index in [0.717, 1.165) is 111 Å². The van der Waals surface area contributed by atoms with Crippen molar-refractivity contribution in [2.75, 3.05) is 39.4 Å². The molecule has 11 nitrogen and oxygen atoms in total. The fourth-order valence-corrected chi connectivity index (χ4v) is 6.90. The van der Waals surface area contributed by atoms with Crippen molar-refractivity contribution in [3.05, 3.63) is 100 Å². The van der Waals surface area contributed by atoms with Crippen molar-refractivity contribution < 1.29 is 13.9 Å². The monoisotopic (exact) mass is 784 g/mol. The number of aromatic nitrogens is 6. The Kier molecular flexibility index (Phi) is 13.7. The van der Waals surface area contributed by atoms with Crippen LogP contribution in [0.5, 0.6) is 11.5 Å². The molecule has 2 atom stereocenters. The summed E-state index contributed by atoms with van der Waals surface area (Å²) in [5, 5.41) is 17.0. The van der Waals surface area contributed by atoms with E-state index in [-0.39, 0.29) is 0 Å². The molecule has 2 aromatic carbocycles. The average Bonchev–Trinajstić information content (AvgIpc) is 3.98. The number of rotatable bonds is 14. The Morgan fingerprint density at radius 3 is 2.04 bits per heavy atom. The first-order valence-electron chi connectivity index (χ1n) is 19.0. The molecule has 5 heterocycles. The van der Waals surface area contributed by atoms with Gasteiger partial charge in [0.25, 0.3) is 0 Å². The zero-order valence-electron chi connectivity index (χ0n) is 31.7. The van der Waals surface area contributed by atoms with E-state index in [0.29, 0.717) is 23.8 Å². The third kappa shape index (κ3) is 11.4. The van der Waals surface area contributed by atoms with Gasteiger partial charge in [-0.3, -0.25) is 9.80 Å². The summed E-state index contributed by atoms with van der Waals surface area (Å²) >= 11 is 3.41. The Morgan fingerprint density at radius 1 is 0.774 bits per heavy atom. The maximum Gasteiger partial charge on any atom is 0.220 e. The van der Waals surface area contributed by atoms with E-state index in [9.17, 15) is 0 Å². The van der Waals surface area contributed by atoms with Gasteiger partial charge in [-0.1, -0.05) is 70.2 Å². The van der Waals surface area contributed by atoms with Gasteiger partial charge >= 0.3 is 0 Å². The molecule has 2 unspecified atom stereocenters. The average molecular weight is 786 g/mol. The van der Waals surface area contributed by atoms with Gasteiger partial charge in [-0.25, -0.2) is 9.67 Å². The van der Waals surface area contributed by atoms with Gasteiger partial charge in [0.15, 0.2) is 0 Å². The molecule has 0 radical (unpaired) electrons. The first kappa shape index (κ1) is 38.6. The predicted molar refractivity (Wildman–Crippen MR) is 210 cm³/mol. The molecule has 0 saturated carbocycles. The second-order valence-electron chi connectivity index (χ2n) is 14.9. The highest BCUT2D eigenvalue weighted by molar-refractivity contribution is 9.10. The molecule has 2 aliphatic heterocycles. The van der Waals surface area contributed by atoms with Crippen molar-refractivity contribution in [1.29, 1.82) is 0 Å². The number of aryl methyl sites for hydroxylation is 1. The van der Waals surface area contributed by atoms with Gasteiger partial charge in [0.05, 0.1) is 37.1 Å². The Morgan fingerprint density at radius 2 is 1.42 bits per heavy atom. The molecule has 0 bridgehead atoms. The first-order valence-corrected chi connectivity index (χ1v) is 19.7. The normalized spacial score (nSPS) is 17.7. The molecular formula is C41H53BrN8O3. The van der Waals surface area contributed by atoms with Crippen molar-refractivity contribution in [3.8, 4) is 22.9 Å². The summed E-state index contributed by atoms with van der Waals surface area (Å²) in [7, 11) is 0. The SMILES string of the molecule is CC(C)COc1cccc(CN2CCC(n3cc(-c4cccc(Br)n4)nn3)C2)c1.CCc1nnc(C2CCN(Cc3cccc(OCC(C)C)c3)C2)o1. The van der Waals surface area contributed by atoms with Gasteiger partial charge < -0.3 is 13.9 Å². The summed E-state index contributed by atoms with van der Waals surface area (Å²) in [6.45, 7) is 18.1. The molecule has 12 heteroatoms. The highest BCUT2D eigenvalue weighted by Crippen LogP contribution is 2.29. The van der Waals surface area contributed by atoms with Gasteiger partial charge in [0, 0.05) is 39.1 Å². The number of nitrogens with zero attached hydrogens (tertiary/aromatic N) is 8. The van der Waals surface area contributed by atoms with E-state index in [2.05, 4.69) is 115 Å². The Labute approximate surface area is 322 Å². The summed E-state index contributed by atoms with van der Waals surface area (Å²) in [6.07, 6.45) is 4.95. The quantitative estimate of drug-likeness (QED) is 0.102. The highest BCUT2D eigenvalue weighted by Gasteiger charge is 2.28. The van der Waals surface area contributed by atoms with Crippen LogP contribution in [0.1, 0.15) is 82.3 Å². The maximum atomic E-state index is 5.87. The fraction of sp³-hybridized carbons (Fsp3) is 0.488. The zero-order chi connectivity index (χ0) is 37.2. The topological polar surface area (TPSA) is 107 Å². The molecule has 7 rings (SSSR count). The standard InChI is InChI=1S/C22H26BrN5O.C19H27N3O2/c1-16(2)15-29-19-6-3-5-17(11-19)12-27-10-9-18(13-27)28-14-21(25-26-28)20-7-4-8-22(23)24-20;1-4-18-20-21-19(24-18)16-8-9-22(12-16)11-15-6-5-7-17(10-15)23-13-14(2)3/h3-8,11,14,16,18H,9-10,12-13,15H2,1-2H3;5-7,10,14,16H,4,8-9,11-13H2,1-3H3. The number of hydrogen-bond donors (Lipinski definition) is 0.